The molecule has 0 bridgehead atoms. The smallest absolute Gasteiger partial charge is 0.262 e. The maximum absolute atomic E-state index is 13.5. The van der Waals surface area contributed by atoms with Crippen LogP contribution >= 0.6 is 0 Å². The average molecular weight is 544 g/mol. The summed E-state index contributed by atoms with van der Waals surface area (Å²) in [5.74, 6) is 0.593. The molecule has 0 spiro atoms. The Balaban J connectivity index is 1.42. The normalized spacial score (nSPS) is 16.3. The number of carbonyl (C=O) groups excluding carboxylic acids is 1. The number of benzene rings is 4. The molecular formula is C31H33N3O4S. The lowest BCUT2D eigenvalue weighted by atomic mass is 9.97. The molecule has 0 aliphatic carbocycles. The van der Waals surface area contributed by atoms with Gasteiger partial charge in [0.05, 0.1) is 30.8 Å². The number of fused-ring (bicyclic) bond motifs is 2. The Bertz CT molecular complexity index is 1480. The minimum atomic E-state index is -2.37. The maximum atomic E-state index is 13.5. The lowest BCUT2D eigenvalue weighted by Gasteiger charge is -2.32. The summed E-state index contributed by atoms with van der Waals surface area (Å²) in [6, 6.07) is 28.2. The van der Waals surface area contributed by atoms with Gasteiger partial charge in [0, 0.05) is 18.5 Å². The van der Waals surface area contributed by atoms with Crippen LogP contribution in [0, 0.1) is 0 Å². The molecule has 4 aromatic carbocycles. The third-order valence-electron chi connectivity index (χ3n) is 6.95. The minimum absolute atomic E-state index is 0.00848. The molecule has 0 radical (unpaired) electrons. The summed E-state index contributed by atoms with van der Waals surface area (Å²) in [7, 11) is 4.04. The minimum Gasteiger partial charge on any atom is -0.493 e. The average Bonchev–Trinajstić information content (AvgIpc) is 2.92. The van der Waals surface area contributed by atoms with Gasteiger partial charge in [-0.3, -0.25) is 13.7 Å². The van der Waals surface area contributed by atoms with E-state index in [-0.39, 0.29) is 18.4 Å². The van der Waals surface area contributed by atoms with Crippen LogP contribution in [0.2, 0.25) is 0 Å². The summed E-state index contributed by atoms with van der Waals surface area (Å²) < 4.78 is 30.6. The number of carbonyl (C=O) groups is 1. The van der Waals surface area contributed by atoms with E-state index in [4.69, 9.17) is 4.74 Å². The third kappa shape index (κ3) is 6.30. The van der Waals surface area contributed by atoms with Crippen LogP contribution in [0.25, 0.3) is 10.8 Å². The molecule has 202 valence electrons. The molecule has 0 fully saturated rings. The molecule has 39 heavy (non-hydrogen) atoms. The highest BCUT2D eigenvalue weighted by Gasteiger charge is 2.30. The van der Waals surface area contributed by atoms with Crippen LogP contribution in [0.4, 0.5) is 5.69 Å². The van der Waals surface area contributed by atoms with Gasteiger partial charge >= 0.3 is 0 Å². The number of anilines is 1. The fourth-order valence-electron chi connectivity index (χ4n) is 5.18. The lowest BCUT2D eigenvalue weighted by molar-refractivity contribution is -0.122. The first-order valence-corrected chi connectivity index (χ1v) is 14.1. The topological polar surface area (TPSA) is 82.1 Å². The number of hydrogen-bond donors (Lipinski definition) is 2. The summed E-state index contributed by atoms with van der Waals surface area (Å²) in [6.45, 7) is 1.31. The summed E-state index contributed by atoms with van der Waals surface area (Å²) in [6.07, 6.45) is 0.663. The summed E-state index contributed by atoms with van der Waals surface area (Å²) in [5, 5.41) is 5.16. The Hall–Kier alpha value is -3.72. The number of nitrogens with one attached hydrogen (secondary N) is 1. The van der Waals surface area contributed by atoms with E-state index in [0.717, 1.165) is 39.8 Å². The second-order valence-electron chi connectivity index (χ2n) is 10.1. The number of hydrogen-bond acceptors (Lipinski definition) is 4. The van der Waals surface area contributed by atoms with Crippen LogP contribution in [0.3, 0.4) is 0 Å². The third-order valence-corrected chi connectivity index (χ3v) is 7.76. The summed E-state index contributed by atoms with van der Waals surface area (Å²) >= 11 is -2.37. The van der Waals surface area contributed by atoms with Crippen LogP contribution < -0.4 is 14.4 Å². The highest BCUT2D eigenvalue weighted by Crippen LogP contribution is 2.35. The van der Waals surface area contributed by atoms with Crippen molar-refractivity contribution in [2.24, 2.45) is 0 Å². The first-order valence-electron chi connectivity index (χ1n) is 13.0. The Labute approximate surface area is 231 Å². The molecule has 5 rings (SSSR count). The molecule has 3 atom stereocenters. The van der Waals surface area contributed by atoms with Gasteiger partial charge in [-0.05, 0) is 54.2 Å². The summed E-state index contributed by atoms with van der Waals surface area (Å²) in [4.78, 5) is 15.6. The van der Waals surface area contributed by atoms with Crippen LogP contribution in [0.1, 0.15) is 41.6 Å². The lowest BCUT2D eigenvalue weighted by Crippen LogP contribution is -2.37. The molecule has 1 aliphatic rings. The fraction of sp³-hybridized carbons (Fsp3) is 0.258. The van der Waals surface area contributed by atoms with Crippen LogP contribution in [0.5, 0.6) is 5.75 Å². The quantitative estimate of drug-likeness (QED) is 0.268. The van der Waals surface area contributed by atoms with Crippen molar-refractivity contribution in [1.29, 1.82) is 0 Å². The van der Waals surface area contributed by atoms with Gasteiger partial charge in [0.1, 0.15) is 5.75 Å². The molecule has 0 saturated carbocycles. The zero-order chi connectivity index (χ0) is 27.4. The van der Waals surface area contributed by atoms with Crippen molar-refractivity contribution in [3.8, 4) is 5.75 Å². The van der Waals surface area contributed by atoms with Crippen molar-refractivity contribution in [1.82, 2.24) is 10.2 Å². The zero-order valence-corrected chi connectivity index (χ0v) is 22.9. The van der Waals surface area contributed by atoms with E-state index in [0.29, 0.717) is 18.7 Å². The Kier molecular flexibility index (Phi) is 8.26. The SMILES string of the molecule is CN(C)Cc1ccc2c(c1)OCCC2NC(=O)CC(c1ccccc1)N(c1ccc2ccccc2c1)S(=O)O. The van der Waals surface area contributed by atoms with Gasteiger partial charge in [-0.25, -0.2) is 4.21 Å². The molecule has 0 saturated heterocycles. The number of amides is 1. The molecule has 0 aromatic heterocycles. The van der Waals surface area contributed by atoms with E-state index in [2.05, 4.69) is 16.3 Å². The standard InChI is InChI=1S/C31H33N3O4S/c1-33(2)21-22-12-15-27-28(16-17-38-30(27)18-22)32-31(35)20-29(24-9-4-3-5-10-24)34(39(36)37)26-14-13-23-8-6-7-11-25(23)19-26/h3-15,18-19,28-29H,16-17,20-21H2,1-2H3,(H,32,35)(H,36,37). The monoisotopic (exact) mass is 543 g/mol. The highest BCUT2D eigenvalue weighted by atomic mass is 32.2. The first kappa shape index (κ1) is 26.9. The van der Waals surface area contributed by atoms with Gasteiger partial charge in [-0.1, -0.05) is 72.8 Å². The molecule has 8 heteroatoms. The zero-order valence-electron chi connectivity index (χ0n) is 22.1. The van der Waals surface area contributed by atoms with Gasteiger partial charge in [0.15, 0.2) is 0 Å². The molecule has 2 N–H and O–H groups in total. The second kappa shape index (κ2) is 12.0. The maximum Gasteiger partial charge on any atom is 0.262 e. The van der Waals surface area contributed by atoms with E-state index in [1.54, 1.807) is 0 Å². The summed E-state index contributed by atoms with van der Waals surface area (Å²) in [5.41, 5.74) is 3.45. The van der Waals surface area contributed by atoms with Gasteiger partial charge in [0.2, 0.25) is 5.91 Å². The van der Waals surface area contributed by atoms with Crippen LogP contribution in [-0.2, 0) is 22.6 Å². The Morgan fingerprint density at radius 3 is 2.49 bits per heavy atom. The second-order valence-corrected chi connectivity index (χ2v) is 10.9. The van der Waals surface area contributed by atoms with Gasteiger partial charge in [-0.15, -0.1) is 0 Å². The molecule has 7 nitrogen and oxygen atoms in total. The molecular weight excluding hydrogens is 510 g/mol. The van der Waals surface area contributed by atoms with Crippen molar-refractivity contribution in [3.05, 3.63) is 108 Å². The van der Waals surface area contributed by atoms with Crippen LogP contribution in [-0.4, -0.2) is 40.3 Å². The molecule has 3 unspecified atom stereocenters. The van der Waals surface area contributed by atoms with Gasteiger partial charge < -0.3 is 15.0 Å². The van der Waals surface area contributed by atoms with E-state index < -0.39 is 17.3 Å². The number of rotatable bonds is 9. The van der Waals surface area contributed by atoms with Gasteiger partial charge in [0.25, 0.3) is 11.3 Å². The molecule has 1 amide bonds. The predicted molar refractivity (Wildman–Crippen MR) is 156 cm³/mol. The first-order chi connectivity index (χ1) is 18.9. The van der Waals surface area contributed by atoms with Crippen molar-refractivity contribution < 1.29 is 18.3 Å². The van der Waals surface area contributed by atoms with Crippen molar-refractivity contribution in [2.45, 2.75) is 31.5 Å². The fourth-order valence-corrected chi connectivity index (χ4v) is 5.89. The van der Waals surface area contributed by atoms with Crippen molar-refractivity contribution in [3.63, 3.8) is 0 Å². The molecule has 4 aromatic rings. The highest BCUT2D eigenvalue weighted by molar-refractivity contribution is 7.80. The van der Waals surface area contributed by atoms with E-state index in [9.17, 15) is 13.6 Å². The largest absolute Gasteiger partial charge is 0.493 e. The Morgan fingerprint density at radius 1 is 1.00 bits per heavy atom. The van der Waals surface area contributed by atoms with E-state index in [1.807, 2.05) is 99.0 Å². The predicted octanol–water partition coefficient (Wildman–Crippen LogP) is 5.62. The van der Waals surface area contributed by atoms with E-state index in [1.165, 1.54) is 4.31 Å². The van der Waals surface area contributed by atoms with Crippen molar-refractivity contribution in [2.75, 3.05) is 25.0 Å². The number of nitrogens with zero attached hydrogens (tertiary/aromatic N) is 2. The van der Waals surface area contributed by atoms with E-state index >= 15 is 0 Å². The molecule has 1 heterocycles. The van der Waals surface area contributed by atoms with Crippen LogP contribution in [0.15, 0.2) is 91.0 Å². The number of ether oxygens (including phenoxy) is 1. The van der Waals surface area contributed by atoms with Gasteiger partial charge in [-0.2, -0.15) is 0 Å². The molecule has 1 aliphatic heterocycles. The van der Waals surface area contributed by atoms with Crippen molar-refractivity contribution >= 4 is 33.6 Å². The Morgan fingerprint density at radius 2 is 1.74 bits per heavy atom.